The Labute approximate surface area is 216 Å². The molecule has 36 heavy (non-hydrogen) atoms. The maximum Gasteiger partial charge on any atom is 0.225 e. The molecular weight excluding hydrogens is 470 g/mol. The Kier molecular flexibility index (Phi) is 6.87. The second-order valence-electron chi connectivity index (χ2n) is 10.5. The van der Waals surface area contributed by atoms with Crippen LogP contribution >= 0.6 is 11.3 Å². The van der Waals surface area contributed by atoms with Gasteiger partial charge in [-0.15, -0.1) is 11.3 Å². The molecule has 6 nitrogen and oxygen atoms in total. The van der Waals surface area contributed by atoms with Crippen molar-refractivity contribution in [1.29, 1.82) is 0 Å². The van der Waals surface area contributed by atoms with Gasteiger partial charge >= 0.3 is 0 Å². The van der Waals surface area contributed by atoms with Gasteiger partial charge in [0.25, 0.3) is 0 Å². The molecule has 1 amide bonds. The van der Waals surface area contributed by atoms with Gasteiger partial charge in [0.05, 0.1) is 18.1 Å². The van der Waals surface area contributed by atoms with Gasteiger partial charge in [-0.3, -0.25) is 4.79 Å². The zero-order valence-electron chi connectivity index (χ0n) is 20.6. The number of thiophene rings is 1. The summed E-state index contributed by atoms with van der Waals surface area (Å²) in [5.74, 6) is 0.818. The van der Waals surface area contributed by atoms with E-state index in [-0.39, 0.29) is 17.9 Å². The first-order valence-electron chi connectivity index (χ1n) is 13.3. The highest BCUT2D eigenvalue weighted by Crippen LogP contribution is 2.31. The summed E-state index contributed by atoms with van der Waals surface area (Å²) in [6.07, 6.45) is 5.01. The first-order chi connectivity index (χ1) is 17.6. The van der Waals surface area contributed by atoms with Gasteiger partial charge in [-0.2, -0.15) is 0 Å². The van der Waals surface area contributed by atoms with E-state index in [2.05, 4.69) is 44.8 Å². The standard InChI is InChI=1S/C29H35N3O3S/c33-28(21-4-7-24(8-5-21)35-25-9-10-25)26(19-31-13-1-2-14-31)30-29(34)22-11-15-32(18-22)23-6-3-20-12-16-36-27(20)17-23/h3-8,12,16-17,22,25-26,28,33H,1-2,9-11,13-15,18-19H2,(H,30,34)/t22?,26-,28-/m1/s1. The predicted molar refractivity (Wildman–Crippen MR) is 145 cm³/mol. The van der Waals surface area contributed by atoms with Crippen molar-refractivity contribution >= 4 is 33.0 Å². The molecule has 2 aliphatic heterocycles. The monoisotopic (exact) mass is 505 g/mol. The Hall–Kier alpha value is -2.61. The molecule has 3 aliphatic rings. The molecule has 3 atom stereocenters. The van der Waals surface area contributed by atoms with Gasteiger partial charge in [-0.05, 0) is 91.9 Å². The van der Waals surface area contributed by atoms with Crippen LogP contribution in [-0.2, 0) is 4.79 Å². The molecule has 3 aromatic rings. The van der Waals surface area contributed by atoms with Crippen molar-refractivity contribution in [2.75, 3.05) is 37.6 Å². The van der Waals surface area contributed by atoms with E-state index < -0.39 is 6.10 Å². The van der Waals surface area contributed by atoms with Gasteiger partial charge < -0.3 is 25.0 Å². The van der Waals surface area contributed by atoms with Crippen molar-refractivity contribution in [1.82, 2.24) is 10.2 Å². The molecule has 3 fully saturated rings. The van der Waals surface area contributed by atoms with E-state index in [0.717, 1.165) is 50.2 Å². The van der Waals surface area contributed by atoms with Crippen molar-refractivity contribution in [3.63, 3.8) is 0 Å². The first kappa shape index (κ1) is 23.8. The number of amides is 1. The number of nitrogens with zero attached hydrogens (tertiary/aromatic N) is 2. The Bertz CT molecular complexity index is 1190. The lowest BCUT2D eigenvalue weighted by Gasteiger charge is -2.30. The summed E-state index contributed by atoms with van der Waals surface area (Å²) < 4.78 is 7.14. The molecule has 0 radical (unpaired) electrons. The Balaban J connectivity index is 1.12. The van der Waals surface area contributed by atoms with E-state index in [0.29, 0.717) is 19.2 Å². The Morgan fingerprint density at radius 1 is 1.06 bits per heavy atom. The Morgan fingerprint density at radius 2 is 1.86 bits per heavy atom. The maximum absolute atomic E-state index is 13.4. The van der Waals surface area contributed by atoms with Crippen molar-refractivity contribution in [2.45, 2.75) is 50.4 Å². The number of anilines is 1. The van der Waals surface area contributed by atoms with Crippen LogP contribution in [0.25, 0.3) is 10.1 Å². The molecule has 7 heteroatoms. The van der Waals surface area contributed by atoms with Crippen LogP contribution in [0, 0.1) is 5.92 Å². The summed E-state index contributed by atoms with van der Waals surface area (Å²) in [4.78, 5) is 18.1. The molecule has 190 valence electrons. The van der Waals surface area contributed by atoms with Crippen molar-refractivity contribution in [3.8, 4) is 5.75 Å². The molecule has 6 rings (SSSR count). The second kappa shape index (κ2) is 10.4. The van der Waals surface area contributed by atoms with Gasteiger partial charge in [-0.25, -0.2) is 0 Å². The van der Waals surface area contributed by atoms with E-state index in [1.165, 1.54) is 28.6 Å². The number of aliphatic hydroxyl groups is 1. The third-order valence-corrected chi connectivity index (χ3v) is 8.65. The average molecular weight is 506 g/mol. The smallest absolute Gasteiger partial charge is 0.225 e. The SMILES string of the molecule is O=C(N[C@H](CN1CCCC1)[C@H](O)c1ccc(OC2CC2)cc1)C1CCN(c2ccc3ccsc3c2)C1. The van der Waals surface area contributed by atoms with Crippen LogP contribution in [0.2, 0.25) is 0 Å². The van der Waals surface area contributed by atoms with E-state index in [4.69, 9.17) is 4.74 Å². The molecule has 1 unspecified atom stereocenters. The van der Waals surface area contributed by atoms with E-state index in [1.54, 1.807) is 11.3 Å². The number of nitrogens with one attached hydrogen (secondary N) is 1. The highest BCUT2D eigenvalue weighted by molar-refractivity contribution is 7.17. The lowest BCUT2D eigenvalue weighted by atomic mass is 10.00. The van der Waals surface area contributed by atoms with Crippen molar-refractivity contribution < 1.29 is 14.6 Å². The largest absolute Gasteiger partial charge is 0.490 e. The number of carbonyl (C=O) groups excluding carboxylic acids is 1. The molecule has 1 aromatic heterocycles. The van der Waals surface area contributed by atoms with Crippen LogP contribution in [0.15, 0.2) is 53.9 Å². The molecule has 1 saturated carbocycles. The van der Waals surface area contributed by atoms with Gasteiger partial charge in [0.15, 0.2) is 0 Å². The number of aliphatic hydroxyl groups excluding tert-OH is 1. The minimum atomic E-state index is -0.761. The summed E-state index contributed by atoms with van der Waals surface area (Å²) in [7, 11) is 0. The van der Waals surface area contributed by atoms with Gasteiger partial charge in [-0.1, -0.05) is 18.2 Å². The number of ether oxygens (including phenoxy) is 1. The highest BCUT2D eigenvalue weighted by atomic mass is 32.1. The van der Waals surface area contributed by atoms with Gasteiger partial charge in [0, 0.05) is 30.0 Å². The predicted octanol–water partition coefficient (Wildman–Crippen LogP) is 4.58. The fourth-order valence-electron chi connectivity index (χ4n) is 5.47. The van der Waals surface area contributed by atoms with Crippen LogP contribution in [-0.4, -0.2) is 60.8 Å². The van der Waals surface area contributed by atoms with Gasteiger partial charge in [0.1, 0.15) is 11.9 Å². The number of hydrogen-bond donors (Lipinski definition) is 2. The van der Waals surface area contributed by atoms with Crippen molar-refractivity contribution in [3.05, 3.63) is 59.5 Å². The number of benzene rings is 2. The quantitative estimate of drug-likeness (QED) is 0.446. The fraction of sp³-hybridized carbons (Fsp3) is 0.483. The molecule has 1 aliphatic carbocycles. The van der Waals surface area contributed by atoms with Gasteiger partial charge in [0.2, 0.25) is 5.91 Å². The average Bonchev–Trinajstić information content (AvgIpc) is 3.30. The summed E-state index contributed by atoms with van der Waals surface area (Å²) in [6, 6.07) is 16.1. The molecule has 3 heterocycles. The number of rotatable bonds is 9. The van der Waals surface area contributed by atoms with E-state index in [1.807, 2.05) is 24.3 Å². The first-order valence-corrected chi connectivity index (χ1v) is 14.2. The van der Waals surface area contributed by atoms with E-state index in [9.17, 15) is 9.90 Å². The fourth-order valence-corrected chi connectivity index (χ4v) is 6.29. The minimum Gasteiger partial charge on any atom is -0.490 e. The lowest BCUT2D eigenvalue weighted by Crippen LogP contribution is -2.48. The highest BCUT2D eigenvalue weighted by Gasteiger charge is 2.33. The minimum absolute atomic E-state index is 0.0478. The van der Waals surface area contributed by atoms with Crippen LogP contribution in [0.4, 0.5) is 5.69 Å². The third-order valence-electron chi connectivity index (χ3n) is 7.78. The number of carbonyl (C=O) groups is 1. The molecule has 0 bridgehead atoms. The number of hydrogen-bond acceptors (Lipinski definition) is 6. The summed E-state index contributed by atoms with van der Waals surface area (Å²) in [5, 5.41) is 18.0. The zero-order valence-corrected chi connectivity index (χ0v) is 21.5. The number of likely N-dealkylation sites (tertiary alicyclic amines) is 1. The van der Waals surface area contributed by atoms with E-state index >= 15 is 0 Å². The molecule has 0 spiro atoms. The third kappa shape index (κ3) is 5.38. The zero-order chi connectivity index (χ0) is 24.5. The van der Waals surface area contributed by atoms with Crippen LogP contribution < -0.4 is 15.0 Å². The summed E-state index contributed by atoms with van der Waals surface area (Å²) in [5.41, 5.74) is 2.00. The maximum atomic E-state index is 13.4. The molecular formula is C29H35N3O3S. The molecule has 2 N–H and O–H groups in total. The van der Waals surface area contributed by atoms with Crippen LogP contribution in [0.5, 0.6) is 5.75 Å². The molecule has 2 aromatic carbocycles. The van der Waals surface area contributed by atoms with Crippen LogP contribution in [0.1, 0.15) is 43.8 Å². The summed E-state index contributed by atoms with van der Waals surface area (Å²) in [6.45, 7) is 4.29. The normalized spacial score (nSPS) is 22.1. The molecule has 2 saturated heterocycles. The lowest BCUT2D eigenvalue weighted by molar-refractivity contribution is -0.126. The van der Waals surface area contributed by atoms with Crippen molar-refractivity contribution in [2.24, 2.45) is 5.92 Å². The summed E-state index contributed by atoms with van der Waals surface area (Å²) >= 11 is 1.75. The topological polar surface area (TPSA) is 65.0 Å². The van der Waals surface area contributed by atoms with Crippen LogP contribution in [0.3, 0.4) is 0 Å². The second-order valence-corrected chi connectivity index (χ2v) is 11.5. The number of fused-ring (bicyclic) bond motifs is 1. The Morgan fingerprint density at radius 3 is 2.64 bits per heavy atom.